The second-order valence-corrected chi connectivity index (χ2v) is 17.7. The number of phenolic OH excluding ortho intramolecular Hbond substituents is 2. The molecule has 0 atom stereocenters. The third-order valence-corrected chi connectivity index (χ3v) is 13.3. The van der Waals surface area contributed by atoms with Crippen LogP contribution < -0.4 is 10.9 Å². The van der Waals surface area contributed by atoms with Crippen molar-refractivity contribution in [3.8, 4) is 22.6 Å². The van der Waals surface area contributed by atoms with Crippen LogP contribution in [0.5, 0.6) is 11.5 Å². The number of anilines is 1. The number of hydrogen-bond donors (Lipinski definition) is 3. The summed E-state index contributed by atoms with van der Waals surface area (Å²) in [6.07, 6.45) is 0. The van der Waals surface area contributed by atoms with Crippen LogP contribution in [0.25, 0.3) is 60.1 Å². The van der Waals surface area contributed by atoms with Crippen LogP contribution in [0.15, 0.2) is 187 Å². The number of rotatable bonds is 8. The molecule has 0 fully saturated rings. The maximum atomic E-state index is 13.9. The van der Waals surface area contributed by atoms with Crippen LogP contribution in [0, 0.1) is 6.92 Å². The second-order valence-electron chi connectivity index (χ2n) is 16.9. The quantitative estimate of drug-likeness (QED) is 0.127. The Bertz CT molecular complexity index is 4300. The van der Waals surface area contributed by atoms with E-state index in [1.165, 1.54) is 12.1 Å². The minimum atomic E-state index is -0.576. The van der Waals surface area contributed by atoms with Gasteiger partial charge in [-0.25, -0.2) is 4.98 Å². The van der Waals surface area contributed by atoms with Crippen LogP contribution in [0.4, 0.5) is 39.8 Å². The van der Waals surface area contributed by atoms with Crippen molar-refractivity contribution in [3.05, 3.63) is 194 Å². The average molecular weight is 969 g/mol. The summed E-state index contributed by atoms with van der Waals surface area (Å²) in [4.78, 5) is 45.9. The molecular weight excluding hydrogens is 938 g/mol. The highest BCUT2D eigenvalue weighted by Gasteiger charge is 2.28. The highest BCUT2D eigenvalue weighted by Crippen LogP contribution is 2.45. The number of phenols is 2. The van der Waals surface area contributed by atoms with Crippen LogP contribution in [0.2, 0.25) is 10.0 Å². The zero-order chi connectivity index (χ0) is 48.7. The lowest BCUT2D eigenvalue weighted by Gasteiger charge is -2.11. The Morgan fingerprint density at radius 1 is 0.592 bits per heavy atom. The van der Waals surface area contributed by atoms with E-state index in [0.717, 1.165) is 16.5 Å². The van der Waals surface area contributed by atoms with E-state index < -0.39 is 5.91 Å². The summed E-state index contributed by atoms with van der Waals surface area (Å²) < 4.78 is 1.57. The minimum Gasteiger partial charge on any atom is -0.506 e. The molecule has 1 aliphatic rings. The van der Waals surface area contributed by atoms with Crippen LogP contribution in [0.1, 0.15) is 31.8 Å². The molecule has 9 aromatic carbocycles. The maximum absolute atomic E-state index is 13.9. The Labute approximate surface area is 410 Å². The summed E-state index contributed by atoms with van der Waals surface area (Å²) in [5, 5.41) is 56.1. The van der Waals surface area contributed by atoms with Crippen molar-refractivity contribution in [2.75, 3.05) is 5.32 Å². The molecule has 16 heteroatoms. The Hall–Kier alpha value is -9.24. The van der Waals surface area contributed by atoms with Gasteiger partial charge in [0.25, 0.3) is 11.5 Å². The molecule has 2 heterocycles. The first-order chi connectivity index (χ1) is 34.5. The molecule has 12 rings (SSSR count). The summed E-state index contributed by atoms with van der Waals surface area (Å²) in [5.74, 6) is -1.35. The predicted molar refractivity (Wildman–Crippen MR) is 276 cm³/mol. The van der Waals surface area contributed by atoms with Gasteiger partial charge in [0.2, 0.25) is 0 Å². The number of pyridine rings is 1. The van der Waals surface area contributed by atoms with E-state index in [0.29, 0.717) is 93.8 Å². The molecular formula is C55H31Cl2N9O5. The number of amides is 1. The molecule has 0 saturated heterocycles. The number of aromatic nitrogens is 2. The van der Waals surface area contributed by atoms with E-state index in [-0.39, 0.29) is 44.8 Å². The number of imidazole rings is 1. The molecule has 1 aliphatic carbocycles. The van der Waals surface area contributed by atoms with Gasteiger partial charge in [0.15, 0.2) is 11.5 Å². The van der Waals surface area contributed by atoms with Crippen molar-refractivity contribution < 1.29 is 19.8 Å². The molecule has 0 spiro atoms. The Morgan fingerprint density at radius 3 is 2.01 bits per heavy atom. The Balaban J connectivity index is 0.777. The van der Waals surface area contributed by atoms with Crippen molar-refractivity contribution in [3.63, 3.8) is 0 Å². The molecule has 0 unspecified atom stereocenters. The van der Waals surface area contributed by atoms with Crippen molar-refractivity contribution in [1.29, 1.82) is 0 Å². The van der Waals surface area contributed by atoms with Gasteiger partial charge in [-0.05, 0) is 114 Å². The molecule has 71 heavy (non-hydrogen) atoms. The van der Waals surface area contributed by atoms with Gasteiger partial charge in [-0.1, -0.05) is 89.9 Å². The zero-order valence-corrected chi connectivity index (χ0v) is 38.4. The molecule has 2 aromatic heterocycles. The smallest absolute Gasteiger partial charge is 0.264 e. The number of nitrogens with zero attached hydrogens (tertiary/aromatic N) is 8. The molecule has 0 bridgehead atoms. The van der Waals surface area contributed by atoms with E-state index in [1.807, 2.05) is 67.6 Å². The molecule has 0 saturated carbocycles. The fourth-order valence-electron chi connectivity index (χ4n) is 9.13. The van der Waals surface area contributed by atoms with E-state index in [2.05, 4.69) is 36.0 Å². The van der Waals surface area contributed by atoms with Gasteiger partial charge in [-0.2, -0.15) is 20.5 Å². The summed E-state index contributed by atoms with van der Waals surface area (Å²) in [6, 6.07) is 43.6. The highest BCUT2D eigenvalue weighted by molar-refractivity contribution is 6.42. The number of aromatic hydroxyl groups is 2. The molecule has 340 valence electrons. The fourth-order valence-corrected chi connectivity index (χ4v) is 9.43. The monoisotopic (exact) mass is 967 g/mol. The lowest BCUT2D eigenvalue weighted by atomic mass is 10.0. The number of fused-ring (bicyclic) bond motifs is 8. The molecule has 11 aromatic rings. The SMILES string of the molecule is Cc1cc(N=Nc2ccc3c(c2)C(=O)c2cc(N=Nc4c(O)cc5c(=O)n6c7ccccc7nc6c6cccc4c56)ccc2-3)ccc1N=Nc1c(O)c(C(=O)Nc2ccc(Cl)c(Cl)c2)cc2ccccc12. The first kappa shape index (κ1) is 43.1. The Morgan fingerprint density at radius 2 is 1.25 bits per heavy atom. The summed E-state index contributed by atoms with van der Waals surface area (Å²) in [6.45, 7) is 1.83. The lowest BCUT2D eigenvalue weighted by molar-refractivity contribution is 0.102. The minimum absolute atomic E-state index is 0.00695. The number of carbonyl (C=O) groups excluding carboxylic acids is 2. The fraction of sp³-hybridized carbons (Fsp3) is 0.0182. The third-order valence-electron chi connectivity index (χ3n) is 12.5. The highest BCUT2D eigenvalue weighted by atomic mass is 35.5. The molecule has 1 amide bonds. The first-order valence-corrected chi connectivity index (χ1v) is 22.8. The van der Waals surface area contributed by atoms with E-state index >= 15 is 0 Å². The normalized spacial score (nSPS) is 12.5. The summed E-state index contributed by atoms with van der Waals surface area (Å²) >= 11 is 12.2. The van der Waals surface area contributed by atoms with Gasteiger partial charge >= 0.3 is 0 Å². The Kier molecular flexibility index (Phi) is 10.2. The lowest BCUT2D eigenvalue weighted by Crippen LogP contribution is -2.13. The number of azo groups is 3. The summed E-state index contributed by atoms with van der Waals surface area (Å²) in [5.41, 5.74) is 7.23. The van der Waals surface area contributed by atoms with Crippen LogP contribution in [-0.4, -0.2) is 31.3 Å². The van der Waals surface area contributed by atoms with Crippen molar-refractivity contribution >= 4 is 124 Å². The van der Waals surface area contributed by atoms with E-state index in [1.54, 1.807) is 83.3 Å². The van der Waals surface area contributed by atoms with Gasteiger partial charge < -0.3 is 15.5 Å². The van der Waals surface area contributed by atoms with Gasteiger partial charge in [-0.3, -0.25) is 18.8 Å². The first-order valence-electron chi connectivity index (χ1n) is 22.0. The predicted octanol–water partition coefficient (Wildman–Crippen LogP) is 15.5. The molecule has 0 radical (unpaired) electrons. The number of halogens is 2. The maximum Gasteiger partial charge on any atom is 0.264 e. The van der Waals surface area contributed by atoms with E-state index in [4.69, 9.17) is 28.2 Å². The van der Waals surface area contributed by atoms with Gasteiger partial charge in [0, 0.05) is 38.4 Å². The second kappa shape index (κ2) is 16.8. The van der Waals surface area contributed by atoms with Crippen LogP contribution in [-0.2, 0) is 0 Å². The van der Waals surface area contributed by atoms with Crippen molar-refractivity contribution in [2.24, 2.45) is 30.7 Å². The standard InChI is InChI=1S/C55H31Cl2N9O5/c1-27-21-30(16-20-44(27)63-65-50-33-8-3-2-7-28(33)22-41(52(50)69)54(70)58-29-15-19-42(56)43(57)25-29)60-61-31-13-17-34-35-18-14-32(24-39(35)51(68)38(34)23-31)62-64-49-36-9-6-10-37-48(36)40(26-47(49)67)55(71)66-46-12-5-4-11-45(46)59-53(37)66/h2-26,67,69H,1H3,(H,58,70). The van der Waals surface area contributed by atoms with Crippen LogP contribution >= 0.6 is 23.2 Å². The van der Waals surface area contributed by atoms with Gasteiger partial charge in [-0.15, -0.1) is 10.2 Å². The number of benzene rings is 9. The van der Waals surface area contributed by atoms with Gasteiger partial charge in [0.1, 0.15) is 22.8 Å². The van der Waals surface area contributed by atoms with Crippen molar-refractivity contribution in [2.45, 2.75) is 6.92 Å². The number of ketones is 1. The average Bonchev–Trinajstić information content (AvgIpc) is 3.90. The number of aryl methyl sites for hydroxylation is 1. The zero-order valence-electron chi connectivity index (χ0n) is 36.9. The topological polar surface area (TPSA) is 195 Å². The number of hydrogen-bond acceptors (Lipinski definition) is 12. The van der Waals surface area contributed by atoms with Crippen LogP contribution in [0.3, 0.4) is 0 Å². The largest absolute Gasteiger partial charge is 0.506 e. The molecule has 14 nitrogen and oxygen atoms in total. The number of carbonyl (C=O) groups is 2. The number of nitrogens with one attached hydrogen (secondary N) is 1. The van der Waals surface area contributed by atoms with Gasteiger partial charge in [0.05, 0.1) is 54.8 Å². The van der Waals surface area contributed by atoms with Crippen molar-refractivity contribution in [1.82, 2.24) is 9.38 Å². The molecule has 3 N–H and O–H groups in total. The molecule has 0 aliphatic heterocycles. The third kappa shape index (κ3) is 7.28. The van der Waals surface area contributed by atoms with E-state index in [9.17, 15) is 24.6 Å². The number of para-hydroxylation sites is 2. The summed E-state index contributed by atoms with van der Waals surface area (Å²) in [7, 11) is 0.